The molecule has 1 aromatic heterocycles. The molecule has 0 radical (unpaired) electrons. The van der Waals surface area contributed by atoms with E-state index in [9.17, 15) is 9.59 Å². The third-order valence-corrected chi connectivity index (χ3v) is 5.58. The van der Waals surface area contributed by atoms with Crippen molar-refractivity contribution in [2.24, 2.45) is 7.05 Å². The minimum Gasteiger partial charge on any atom is -0.342 e. The molecule has 4 rings (SSSR count). The van der Waals surface area contributed by atoms with Gasteiger partial charge in [-0.05, 0) is 48.7 Å². The molecule has 2 amide bonds. The summed E-state index contributed by atoms with van der Waals surface area (Å²) in [5.41, 5.74) is 4.09. The summed E-state index contributed by atoms with van der Waals surface area (Å²) in [7, 11) is 1.99. The number of anilines is 1. The normalized spacial score (nSPS) is 13.8. The van der Waals surface area contributed by atoms with Crippen molar-refractivity contribution in [2.45, 2.75) is 32.6 Å². The average Bonchev–Trinajstić information content (AvgIpc) is 3.37. The van der Waals surface area contributed by atoms with Gasteiger partial charge in [0, 0.05) is 37.8 Å². The Morgan fingerprint density at radius 2 is 1.79 bits per heavy atom. The first-order chi connectivity index (χ1) is 14.0. The van der Waals surface area contributed by atoms with Crippen LogP contribution in [0.25, 0.3) is 11.0 Å². The standard InChI is InChI=1S/C23H26N4O2/c1-3-21-25-19-15-17(8-11-20(19)26(21)2)23(29)24-18-9-6-16(7-10-18)14-22(28)27-12-4-5-13-27/h6-11,15H,3-5,12-14H2,1-2H3,(H,24,29). The minimum absolute atomic E-state index is 0.170. The number of benzene rings is 2. The maximum atomic E-state index is 12.6. The van der Waals surface area contributed by atoms with Gasteiger partial charge in [0.2, 0.25) is 5.91 Å². The molecule has 150 valence electrons. The van der Waals surface area contributed by atoms with E-state index in [1.165, 1.54) is 0 Å². The van der Waals surface area contributed by atoms with Gasteiger partial charge in [-0.3, -0.25) is 9.59 Å². The molecule has 1 aliphatic rings. The van der Waals surface area contributed by atoms with Gasteiger partial charge in [-0.25, -0.2) is 4.98 Å². The fraction of sp³-hybridized carbons (Fsp3) is 0.348. The van der Waals surface area contributed by atoms with Gasteiger partial charge in [0.25, 0.3) is 5.91 Å². The average molecular weight is 390 g/mol. The number of aryl methyl sites for hydroxylation is 2. The number of imidazole rings is 1. The summed E-state index contributed by atoms with van der Waals surface area (Å²) in [5, 5.41) is 2.93. The van der Waals surface area contributed by atoms with E-state index in [1.807, 2.05) is 54.4 Å². The predicted octanol–water partition coefficient (Wildman–Crippen LogP) is 3.55. The van der Waals surface area contributed by atoms with Gasteiger partial charge in [-0.1, -0.05) is 19.1 Å². The topological polar surface area (TPSA) is 67.2 Å². The van der Waals surface area contributed by atoms with Crippen LogP contribution in [0.1, 0.15) is 41.5 Å². The molecule has 0 spiro atoms. The van der Waals surface area contributed by atoms with Gasteiger partial charge in [0.15, 0.2) is 0 Å². The molecular weight excluding hydrogens is 364 g/mol. The lowest BCUT2D eigenvalue weighted by Gasteiger charge is -2.15. The van der Waals surface area contributed by atoms with Crippen molar-refractivity contribution in [3.63, 3.8) is 0 Å². The second-order valence-corrected chi connectivity index (χ2v) is 7.56. The molecule has 1 fully saturated rings. The highest BCUT2D eigenvalue weighted by molar-refractivity contribution is 6.06. The Labute approximate surface area is 170 Å². The molecule has 0 unspecified atom stereocenters. The van der Waals surface area contributed by atoms with Crippen LogP contribution in [0.4, 0.5) is 5.69 Å². The van der Waals surface area contributed by atoms with Gasteiger partial charge >= 0.3 is 0 Å². The van der Waals surface area contributed by atoms with E-state index in [1.54, 1.807) is 0 Å². The second-order valence-electron chi connectivity index (χ2n) is 7.56. The van der Waals surface area contributed by atoms with Crippen LogP contribution in [0.5, 0.6) is 0 Å². The maximum Gasteiger partial charge on any atom is 0.255 e. The van der Waals surface area contributed by atoms with E-state index in [0.717, 1.165) is 54.8 Å². The van der Waals surface area contributed by atoms with Crippen LogP contribution >= 0.6 is 0 Å². The monoisotopic (exact) mass is 390 g/mol. The largest absolute Gasteiger partial charge is 0.342 e. The Hall–Kier alpha value is -3.15. The van der Waals surface area contributed by atoms with Gasteiger partial charge in [-0.15, -0.1) is 0 Å². The van der Waals surface area contributed by atoms with E-state index < -0.39 is 0 Å². The van der Waals surface area contributed by atoms with Gasteiger partial charge in [0.05, 0.1) is 17.5 Å². The fourth-order valence-corrected chi connectivity index (χ4v) is 3.87. The van der Waals surface area contributed by atoms with Crippen LogP contribution in [0.15, 0.2) is 42.5 Å². The third-order valence-electron chi connectivity index (χ3n) is 5.58. The smallest absolute Gasteiger partial charge is 0.255 e. The Morgan fingerprint density at radius 1 is 1.07 bits per heavy atom. The highest BCUT2D eigenvalue weighted by Gasteiger charge is 2.18. The number of hydrogen-bond acceptors (Lipinski definition) is 3. The molecule has 2 heterocycles. The Bertz CT molecular complexity index is 1050. The van der Waals surface area contributed by atoms with E-state index in [0.29, 0.717) is 17.7 Å². The lowest BCUT2D eigenvalue weighted by Crippen LogP contribution is -2.29. The summed E-state index contributed by atoms with van der Waals surface area (Å²) < 4.78 is 2.05. The maximum absolute atomic E-state index is 12.6. The number of nitrogens with zero attached hydrogens (tertiary/aromatic N) is 3. The Morgan fingerprint density at radius 3 is 2.48 bits per heavy atom. The number of amides is 2. The molecule has 1 aliphatic heterocycles. The number of aromatic nitrogens is 2. The number of fused-ring (bicyclic) bond motifs is 1. The van der Waals surface area contributed by atoms with Crippen LogP contribution in [0.3, 0.4) is 0 Å². The van der Waals surface area contributed by atoms with Gasteiger partial charge < -0.3 is 14.8 Å². The van der Waals surface area contributed by atoms with Crippen LogP contribution in [0, 0.1) is 0 Å². The lowest BCUT2D eigenvalue weighted by molar-refractivity contribution is -0.129. The first kappa shape index (κ1) is 19.2. The van der Waals surface area contributed by atoms with Crippen molar-refractivity contribution in [3.05, 3.63) is 59.4 Å². The molecule has 0 aliphatic carbocycles. The second kappa shape index (κ2) is 8.07. The molecule has 3 aromatic rings. The Balaban J connectivity index is 1.42. The summed E-state index contributed by atoms with van der Waals surface area (Å²) >= 11 is 0. The van der Waals surface area contributed by atoms with E-state index >= 15 is 0 Å². The zero-order valence-electron chi connectivity index (χ0n) is 16.9. The number of nitrogens with one attached hydrogen (secondary N) is 1. The van der Waals surface area contributed by atoms with E-state index in [-0.39, 0.29) is 11.8 Å². The van der Waals surface area contributed by atoms with Crippen molar-refractivity contribution in [3.8, 4) is 0 Å². The number of hydrogen-bond donors (Lipinski definition) is 1. The Kier molecular flexibility index (Phi) is 5.34. The minimum atomic E-state index is -0.170. The van der Waals surface area contributed by atoms with Crippen molar-refractivity contribution in [1.82, 2.24) is 14.5 Å². The molecule has 1 N–H and O–H groups in total. The zero-order chi connectivity index (χ0) is 20.4. The van der Waals surface area contributed by atoms with Crippen LogP contribution < -0.4 is 5.32 Å². The SMILES string of the molecule is CCc1nc2cc(C(=O)Nc3ccc(CC(=O)N4CCCC4)cc3)ccc2n1C. The molecule has 2 aromatic carbocycles. The molecule has 0 bridgehead atoms. The summed E-state index contributed by atoms with van der Waals surface area (Å²) in [6.45, 7) is 3.80. The summed E-state index contributed by atoms with van der Waals surface area (Å²) in [4.78, 5) is 31.4. The van der Waals surface area contributed by atoms with Gasteiger partial charge in [-0.2, -0.15) is 0 Å². The lowest BCUT2D eigenvalue weighted by atomic mass is 10.1. The molecule has 1 saturated heterocycles. The first-order valence-corrected chi connectivity index (χ1v) is 10.2. The number of likely N-dealkylation sites (tertiary alicyclic amines) is 1. The fourth-order valence-electron chi connectivity index (χ4n) is 3.87. The first-order valence-electron chi connectivity index (χ1n) is 10.2. The zero-order valence-corrected chi connectivity index (χ0v) is 16.9. The van der Waals surface area contributed by atoms with Crippen LogP contribution in [0.2, 0.25) is 0 Å². The molecule has 0 atom stereocenters. The highest BCUT2D eigenvalue weighted by Crippen LogP contribution is 2.19. The van der Waals surface area contributed by atoms with Crippen LogP contribution in [-0.2, 0) is 24.7 Å². The molecule has 6 heteroatoms. The van der Waals surface area contributed by atoms with Gasteiger partial charge in [0.1, 0.15) is 5.82 Å². The number of rotatable bonds is 5. The quantitative estimate of drug-likeness (QED) is 0.724. The predicted molar refractivity (Wildman–Crippen MR) is 114 cm³/mol. The van der Waals surface area contributed by atoms with Crippen molar-refractivity contribution in [2.75, 3.05) is 18.4 Å². The molecular formula is C23H26N4O2. The third kappa shape index (κ3) is 4.01. The van der Waals surface area contributed by atoms with Crippen LogP contribution in [-0.4, -0.2) is 39.4 Å². The molecule has 29 heavy (non-hydrogen) atoms. The van der Waals surface area contributed by atoms with Crippen molar-refractivity contribution < 1.29 is 9.59 Å². The van der Waals surface area contributed by atoms with E-state index in [4.69, 9.17) is 0 Å². The number of carbonyl (C=O) groups excluding carboxylic acids is 2. The summed E-state index contributed by atoms with van der Waals surface area (Å²) in [6.07, 6.45) is 3.45. The molecule has 0 saturated carbocycles. The highest BCUT2D eigenvalue weighted by atomic mass is 16.2. The van der Waals surface area contributed by atoms with Crippen molar-refractivity contribution in [1.29, 1.82) is 0 Å². The summed E-state index contributed by atoms with van der Waals surface area (Å²) in [6, 6.07) is 13.1. The summed E-state index contributed by atoms with van der Waals surface area (Å²) in [5.74, 6) is 1.00. The molecule has 6 nitrogen and oxygen atoms in total. The van der Waals surface area contributed by atoms with E-state index in [2.05, 4.69) is 21.8 Å². The van der Waals surface area contributed by atoms with Crippen molar-refractivity contribution >= 4 is 28.5 Å². The number of carbonyl (C=O) groups is 2.